The summed E-state index contributed by atoms with van der Waals surface area (Å²) < 4.78 is 10.7. The Hall–Kier alpha value is -1.06. The second-order valence-electron chi connectivity index (χ2n) is 3.61. The smallest absolute Gasteiger partial charge is 0.119 e. The van der Waals surface area contributed by atoms with Crippen LogP contribution in [0, 0.1) is 0 Å². The van der Waals surface area contributed by atoms with Crippen LogP contribution < -0.4 is 10.5 Å². The van der Waals surface area contributed by atoms with Crippen molar-refractivity contribution < 1.29 is 9.47 Å². The van der Waals surface area contributed by atoms with E-state index in [1.165, 1.54) is 0 Å². The fourth-order valence-corrected chi connectivity index (χ4v) is 1.72. The molecule has 1 aromatic carbocycles. The molecule has 0 radical (unpaired) electrons. The van der Waals surface area contributed by atoms with Gasteiger partial charge >= 0.3 is 0 Å². The van der Waals surface area contributed by atoms with Gasteiger partial charge in [-0.2, -0.15) is 0 Å². The zero-order chi connectivity index (χ0) is 10.1. The molecule has 1 aromatic rings. The van der Waals surface area contributed by atoms with E-state index in [1.807, 2.05) is 25.1 Å². The Kier molecular flexibility index (Phi) is 2.44. The van der Waals surface area contributed by atoms with Crippen LogP contribution in [0.2, 0.25) is 0 Å². The molecule has 2 rings (SSSR count). The van der Waals surface area contributed by atoms with Crippen LogP contribution in [-0.2, 0) is 11.3 Å². The van der Waals surface area contributed by atoms with Crippen molar-refractivity contribution in [1.29, 1.82) is 0 Å². The van der Waals surface area contributed by atoms with Crippen LogP contribution in [0.3, 0.4) is 0 Å². The van der Waals surface area contributed by atoms with E-state index in [4.69, 9.17) is 15.2 Å². The molecule has 3 nitrogen and oxygen atoms in total. The molecule has 76 valence electrons. The van der Waals surface area contributed by atoms with Gasteiger partial charge < -0.3 is 15.2 Å². The topological polar surface area (TPSA) is 44.5 Å². The monoisotopic (exact) mass is 193 g/mol. The molecule has 0 aromatic heterocycles. The molecule has 1 aliphatic rings. The number of hydrogen-bond acceptors (Lipinski definition) is 3. The molecule has 0 saturated heterocycles. The number of rotatable bonds is 1. The van der Waals surface area contributed by atoms with Crippen LogP contribution in [0.5, 0.6) is 5.75 Å². The summed E-state index contributed by atoms with van der Waals surface area (Å²) in [6.45, 7) is 2.64. The molecule has 0 fully saturated rings. The summed E-state index contributed by atoms with van der Waals surface area (Å²) in [5.41, 5.74) is 8.34. The van der Waals surface area contributed by atoms with Crippen molar-refractivity contribution in [2.75, 3.05) is 7.11 Å². The third kappa shape index (κ3) is 1.49. The van der Waals surface area contributed by atoms with Crippen LogP contribution in [0.4, 0.5) is 0 Å². The number of methoxy groups -OCH3 is 1. The number of hydrogen-bond donors (Lipinski definition) is 1. The highest BCUT2D eigenvalue weighted by Crippen LogP contribution is 2.30. The van der Waals surface area contributed by atoms with Crippen LogP contribution in [0.1, 0.15) is 24.1 Å². The predicted molar refractivity (Wildman–Crippen MR) is 54.2 cm³/mol. The molecule has 0 amide bonds. The van der Waals surface area contributed by atoms with Gasteiger partial charge in [0, 0.05) is 0 Å². The van der Waals surface area contributed by atoms with Crippen molar-refractivity contribution >= 4 is 0 Å². The van der Waals surface area contributed by atoms with Crippen molar-refractivity contribution in [2.45, 2.75) is 25.7 Å². The van der Waals surface area contributed by atoms with Crippen molar-refractivity contribution in [1.82, 2.24) is 0 Å². The Balaban J connectivity index is 2.41. The molecule has 0 unspecified atom stereocenters. The van der Waals surface area contributed by atoms with Crippen LogP contribution in [0.15, 0.2) is 18.2 Å². The van der Waals surface area contributed by atoms with Gasteiger partial charge in [-0.15, -0.1) is 0 Å². The minimum absolute atomic E-state index is 0.0474. The summed E-state index contributed by atoms with van der Waals surface area (Å²) in [5, 5.41) is 0. The maximum absolute atomic E-state index is 6.03. The quantitative estimate of drug-likeness (QED) is 0.737. The summed E-state index contributed by atoms with van der Waals surface area (Å²) in [5.74, 6) is 0.855. The second-order valence-corrected chi connectivity index (χ2v) is 3.61. The first kappa shape index (κ1) is 9.49. The molecule has 1 aliphatic heterocycles. The summed E-state index contributed by atoms with van der Waals surface area (Å²) >= 11 is 0. The van der Waals surface area contributed by atoms with Crippen LogP contribution in [0.25, 0.3) is 0 Å². The normalized spacial score (nSPS) is 25.6. The fraction of sp³-hybridized carbons (Fsp3) is 0.455. The molecule has 0 aliphatic carbocycles. The zero-order valence-electron chi connectivity index (χ0n) is 8.49. The van der Waals surface area contributed by atoms with Gasteiger partial charge in [-0.3, -0.25) is 0 Å². The van der Waals surface area contributed by atoms with Crippen LogP contribution in [-0.4, -0.2) is 13.2 Å². The van der Waals surface area contributed by atoms with E-state index < -0.39 is 0 Å². The van der Waals surface area contributed by atoms with Gasteiger partial charge in [0.25, 0.3) is 0 Å². The predicted octanol–water partition coefficient (Wildman–Crippen LogP) is 1.61. The summed E-state index contributed by atoms with van der Waals surface area (Å²) in [4.78, 5) is 0. The van der Waals surface area contributed by atoms with E-state index in [2.05, 4.69) is 0 Å². The highest BCUT2D eigenvalue weighted by atomic mass is 16.5. The molecule has 14 heavy (non-hydrogen) atoms. The van der Waals surface area contributed by atoms with Gasteiger partial charge in [-0.1, -0.05) is 6.07 Å². The van der Waals surface area contributed by atoms with Crippen molar-refractivity contribution in [3.8, 4) is 5.75 Å². The van der Waals surface area contributed by atoms with E-state index >= 15 is 0 Å². The van der Waals surface area contributed by atoms with Crippen molar-refractivity contribution in [3.63, 3.8) is 0 Å². The Morgan fingerprint density at radius 1 is 1.50 bits per heavy atom. The average molecular weight is 193 g/mol. The Labute approximate surface area is 83.8 Å². The minimum atomic E-state index is -0.0474. The highest BCUT2D eigenvalue weighted by Gasteiger charge is 2.24. The van der Waals surface area contributed by atoms with Gasteiger partial charge in [0.15, 0.2) is 0 Å². The first-order valence-electron chi connectivity index (χ1n) is 4.76. The molecule has 0 spiro atoms. The minimum Gasteiger partial charge on any atom is -0.497 e. The van der Waals surface area contributed by atoms with Gasteiger partial charge in [0.2, 0.25) is 0 Å². The largest absolute Gasteiger partial charge is 0.497 e. The van der Waals surface area contributed by atoms with Crippen molar-refractivity contribution in [2.24, 2.45) is 5.73 Å². The molecular weight excluding hydrogens is 178 g/mol. The van der Waals surface area contributed by atoms with Crippen LogP contribution >= 0.6 is 0 Å². The van der Waals surface area contributed by atoms with Crippen molar-refractivity contribution in [3.05, 3.63) is 29.3 Å². The summed E-state index contributed by atoms with van der Waals surface area (Å²) in [6, 6.07) is 5.90. The standard InChI is InChI=1S/C11H15NO2/c1-7-11(12)10-5-9(13-2)4-3-8(10)6-14-7/h3-5,7,11H,6,12H2,1-2H3/t7-,11-/m0/s1. The number of nitrogens with two attached hydrogens (primary N) is 1. The number of ether oxygens (including phenoxy) is 2. The fourth-order valence-electron chi connectivity index (χ4n) is 1.72. The number of fused-ring (bicyclic) bond motifs is 1. The maximum atomic E-state index is 6.03. The van der Waals surface area contributed by atoms with Gasteiger partial charge in [-0.25, -0.2) is 0 Å². The maximum Gasteiger partial charge on any atom is 0.119 e. The Bertz CT molecular complexity index is 338. The second kappa shape index (κ2) is 3.59. The molecule has 1 heterocycles. The van der Waals surface area contributed by atoms with Gasteiger partial charge in [-0.05, 0) is 30.2 Å². The third-order valence-corrected chi connectivity index (χ3v) is 2.72. The lowest BCUT2D eigenvalue weighted by molar-refractivity contribution is 0.0213. The SMILES string of the molecule is COc1ccc2c(c1)[C@@H](N)[C@H](C)OC2. The lowest BCUT2D eigenvalue weighted by atomic mass is 9.95. The zero-order valence-corrected chi connectivity index (χ0v) is 8.49. The van der Waals surface area contributed by atoms with E-state index in [0.717, 1.165) is 16.9 Å². The number of benzene rings is 1. The summed E-state index contributed by atoms with van der Waals surface area (Å²) in [7, 11) is 1.66. The van der Waals surface area contributed by atoms with E-state index in [0.29, 0.717) is 6.61 Å². The molecule has 2 atom stereocenters. The molecule has 0 saturated carbocycles. The average Bonchev–Trinajstić information content (AvgIpc) is 2.23. The van der Waals surface area contributed by atoms with E-state index in [1.54, 1.807) is 7.11 Å². The van der Waals surface area contributed by atoms with Gasteiger partial charge in [0.1, 0.15) is 5.75 Å². The Morgan fingerprint density at radius 2 is 2.29 bits per heavy atom. The van der Waals surface area contributed by atoms with E-state index in [9.17, 15) is 0 Å². The lowest BCUT2D eigenvalue weighted by Gasteiger charge is -2.29. The molecule has 3 heteroatoms. The molecule has 0 bridgehead atoms. The lowest BCUT2D eigenvalue weighted by Crippen LogP contribution is -2.31. The third-order valence-electron chi connectivity index (χ3n) is 2.72. The summed E-state index contributed by atoms with van der Waals surface area (Å²) in [6.07, 6.45) is 0.0783. The van der Waals surface area contributed by atoms with Gasteiger partial charge in [0.05, 0.1) is 25.9 Å². The highest BCUT2D eigenvalue weighted by molar-refractivity contribution is 5.38. The first-order valence-corrected chi connectivity index (χ1v) is 4.76. The van der Waals surface area contributed by atoms with E-state index in [-0.39, 0.29) is 12.1 Å². The Morgan fingerprint density at radius 3 is 3.00 bits per heavy atom. The molecular formula is C11H15NO2. The molecule has 2 N–H and O–H groups in total. The first-order chi connectivity index (χ1) is 6.72.